The number of carbonyl (C=O) groups excluding carboxylic acids is 1. The highest BCUT2D eigenvalue weighted by Crippen LogP contribution is 2.16. The second kappa shape index (κ2) is 7.23. The Bertz CT molecular complexity index is 640. The Labute approximate surface area is 128 Å². The van der Waals surface area contributed by atoms with Gasteiger partial charge in [0.2, 0.25) is 0 Å². The van der Waals surface area contributed by atoms with E-state index >= 15 is 0 Å². The van der Waals surface area contributed by atoms with Crippen LogP contribution in [0, 0.1) is 12.7 Å². The number of benzene rings is 2. The van der Waals surface area contributed by atoms with E-state index in [0.29, 0.717) is 10.6 Å². The Morgan fingerprint density at radius 1 is 1.24 bits per heavy atom. The molecule has 110 valence electrons. The molecule has 4 heteroatoms. The molecule has 0 atom stereocenters. The minimum Gasteiger partial charge on any atom is -0.493 e. The summed E-state index contributed by atoms with van der Waals surface area (Å²) in [6.07, 6.45) is 0.267. The van der Waals surface area contributed by atoms with E-state index in [1.165, 1.54) is 18.2 Å². The summed E-state index contributed by atoms with van der Waals surface area (Å²) in [6, 6.07) is 11.8. The van der Waals surface area contributed by atoms with Crippen LogP contribution in [0.2, 0.25) is 5.02 Å². The molecule has 0 radical (unpaired) electrons. The zero-order valence-corrected chi connectivity index (χ0v) is 12.5. The number of ether oxygens (including phenoxy) is 1. The number of Topliss-reactive ketones (excluding diaryl/α,β-unsaturated/α-hetero) is 1. The van der Waals surface area contributed by atoms with E-state index < -0.39 is 5.82 Å². The third-order valence-electron chi connectivity index (χ3n) is 3.03. The summed E-state index contributed by atoms with van der Waals surface area (Å²) in [6.45, 7) is 2.25. The van der Waals surface area contributed by atoms with Gasteiger partial charge in [0.05, 0.1) is 6.61 Å². The third-order valence-corrected chi connectivity index (χ3v) is 3.27. The number of ketones is 1. The van der Waals surface area contributed by atoms with Crippen molar-refractivity contribution in [2.45, 2.75) is 19.8 Å². The van der Waals surface area contributed by atoms with Gasteiger partial charge in [-0.1, -0.05) is 23.7 Å². The number of carbonyl (C=O) groups is 1. The first-order chi connectivity index (χ1) is 10.0. The van der Waals surface area contributed by atoms with E-state index in [1.54, 1.807) is 0 Å². The van der Waals surface area contributed by atoms with E-state index in [9.17, 15) is 9.18 Å². The predicted octanol–water partition coefficient (Wildman–Crippen LogP) is 4.37. The van der Waals surface area contributed by atoms with Crippen molar-refractivity contribution in [3.05, 3.63) is 64.4 Å². The van der Waals surface area contributed by atoms with Crippen molar-refractivity contribution >= 4 is 17.4 Å². The molecule has 0 aliphatic rings. The van der Waals surface area contributed by atoms with Gasteiger partial charge in [0.15, 0.2) is 0 Å². The van der Waals surface area contributed by atoms with Crippen LogP contribution in [0.5, 0.6) is 5.75 Å². The molecule has 2 aromatic rings. The summed E-state index contributed by atoms with van der Waals surface area (Å²) in [7, 11) is 0. The standard InChI is InChI=1S/C17H16ClFO2/c1-12-3-2-4-16(9-12)21-8-7-15(20)11-13-10-14(18)5-6-17(13)19/h2-6,9-10H,7-8,11H2,1H3. The molecule has 2 nitrogen and oxygen atoms in total. The first-order valence-corrected chi connectivity index (χ1v) is 7.07. The maximum absolute atomic E-state index is 13.5. The molecule has 0 heterocycles. The van der Waals surface area contributed by atoms with Gasteiger partial charge in [-0.25, -0.2) is 4.39 Å². The van der Waals surface area contributed by atoms with Crippen molar-refractivity contribution < 1.29 is 13.9 Å². The van der Waals surface area contributed by atoms with Gasteiger partial charge in [0.25, 0.3) is 0 Å². The molecule has 2 aromatic carbocycles. The molecule has 0 aliphatic heterocycles. The molecule has 0 aromatic heterocycles. The summed E-state index contributed by atoms with van der Waals surface area (Å²) < 4.78 is 19.0. The largest absolute Gasteiger partial charge is 0.493 e. The fourth-order valence-corrected chi connectivity index (χ4v) is 2.16. The zero-order valence-electron chi connectivity index (χ0n) is 11.7. The average Bonchev–Trinajstić information content (AvgIpc) is 2.43. The number of halogens is 2. The van der Waals surface area contributed by atoms with E-state index in [1.807, 2.05) is 31.2 Å². The Morgan fingerprint density at radius 2 is 2.05 bits per heavy atom. The highest BCUT2D eigenvalue weighted by Gasteiger charge is 2.09. The van der Waals surface area contributed by atoms with Gasteiger partial charge < -0.3 is 4.74 Å². The van der Waals surface area contributed by atoms with Crippen LogP contribution in [-0.4, -0.2) is 12.4 Å². The maximum atomic E-state index is 13.5. The number of hydrogen-bond acceptors (Lipinski definition) is 2. The molecule has 0 aliphatic carbocycles. The van der Waals surface area contributed by atoms with Crippen LogP contribution in [0.15, 0.2) is 42.5 Å². The molecule has 0 N–H and O–H groups in total. The first-order valence-electron chi connectivity index (χ1n) is 6.69. The van der Waals surface area contributed by atoms with Crippen LogP contribution >= 0.6 is 11.6 Å². The lowest BCUT2D eigenvalue weighted by Gasteiger charge is -2.07. The molecule has 0 spiro atoms. The van der Waals surface area contributed by atoms with Crippen molar-refractivity contribution in [3.8, 4) is 5.75 Å². The summed E-state index contributed by atoms with van der Waals surface area (Å²) in [5.74, 6) is 0.243. The van der Waals surface area contributed by atoms with E-state index in [0.717, 1.165) is 11.3 Å². The lowest BCUT2D eigenvalue weighted by Crippen LogP contribution is -2.10. The van der Waals surface area contributed by atoms with Crippen molar-refractivity contribution in [2.24, 2.45) is 0 Å². The molecule has 2 rings (SSSR count). The van der Waals surface area contributed by atoms with E-state index in [4.69, 9.17) is 16.3 Å². The number of rotatable bonds is 6. The van der Waals surface area contributed by atoms with Crippen LogP contribution in [0.3, 0.4) is 0 Å². The van der Waals surface area contributed by atoms with Crippen LogP contribution < -0.4 is 4.74 Å². The number of aryl methyl sites for hydroxylation is 1. The van der Waals surface area contributed by atoms with Crippen molar-refractivity contribution in [2.75, 3.05) is 6.61 Å². The fourth-order valence-electron chi connectivity index (χ4n) is 1.97. The Hall–Kier alpha value is -1.87. The minimum atomic E-state index is -0.410. The highest BCUT2D eigenvalue weighted by molar-refractivity contribution is 6.30. The third kappa shape index (κ3) is 4.87. The second-order valence-electron chi connectivity index (χ2n) is 4.87. The molecule has 0 saturated heterocycles. The van der Waals surface area contributed by atoms with Crippen LogP contribution in [-0.2, 0) is 11.2 Å². The highest BCUT2D eigenvalue weighted by atomic mass is 35.5. The average molecular weight is 307 g/mol. The molecule has 0 unspecified atom stereocenters. The topological polar surface area (TPSA) is 26.3 Å². The molecule has 0 amide bonds. The number of hydrogen-bond donors (Lipinski definition) is 0. The minimum absolute atomic E-state index is 0.0313. The Morgan fingerprint density at radius 3 is 2.81 bits per heavy atom. The maximum Gasteiger partial charge on any atom is 0.140 e. The second-order valence-corrected chi connectivity index (χ2v) is 5.30. The fraction of sp³-hybridized carbons (Fsp3) is 0.235. The van der Waals surface area contributed by atoms with E-state index in [-0.39, 0.29) is 25.2 Å². The van der Waals surface area contributed by atoms with Crippen molar-refractivity contribution in [3.63, 3.8) is 0 Å². The Kier molecular flexibility index (Phi) is 5.34. The monoisotopic (exact) mass is 306 g/mol. The van der Waals surface area contributed by atoms with Crippen LogP contribution in [0.4, 0.5) is 4.39 Å². The molecule has 21 heavy (non-hydrogen) atoms. The molecule has 0 saturated carbocycles. The predicted molar refractivity (Wildman–Crippen MR) is 81.4 cm³/mol. The van der Waals surface area contributed by atoms with Crippen LogP contribution in [0.25, 0.3) is 0 Å². The molecule has 0 bridgehead atoms. The summed E-state index contributed by atoms with van der Waals surface area (Å²) >= 11 is 5.80. The van der Waals surface area contributed by atoms with Crippen LogP contribution in [0.1, 0.15) is 17.5 Å². The lowest BCUT2D eigenvalue weighted by molar-refractivity contribution is -0.118. The van der Waals surface area contributed by atoms with Crippen molar-refractivity contribution in [1.29, 1.82) is 0 Å². The smallest absolute Gasteiger partial charge is 0.140 e. The van der Waals surface area contributed by atoms with Gasteiger partial charge in [-0.05, 0) is 48.4 Å². The molecular formula is C17H16ClFO2. The van der Waals surface area contributed by atoms with Gasteiger partial charge in [-0.3, -0.25) is 4.79 Å². The van der Waals surface area contributed by atoms with Gasteiger partial charge in [-0.15, -0.1) is 0 Å². The van der Waals surface area contributed by atoms with Crippen molar-refractivity contribution in [1.82, 2.24) is 0 Å². The van der Waals surface area contributed by atoms with Gasteiger partial charge >= 0.3 is 0 Å². The normalized spacial score (nSPS) is 10.4. The Balaban J connectivity index is 1.84. The van der Waals surface area contributed by atoms with E-state index in [2.05, 4.69) is 0 Å². The lowest BCUT2D eigenvalue weighted by atomic mass is 10.1. The SMILES string of the molecule is Cc1cccc(OCCC(=O)Cc2cc(Cl)ccc2F)c1. The van der Waals surface area contributed by atoms with Gasteiger partial charge in [0.1, 0.15) is 17.3 Å². The van der Waals surface area contributed by atoms with Gasteiger partial charge in [-0.2, -0.15) is 0 Å². The zero-order chi connectivity index (χ0) is 15.2. The summed E-state index contributed by atoms with van der Waals surface area (Å²) in [4.78, 5) is 11.8. The molecule has 0 fully saturated rings. The quantitative estimate of drug-likeness (QED) is 0.792. The summed E-state index contributed by atoms with van der Waals surface area (Å²) in [5, 5.41) is 0.426. The first kappa shape index (κ1) is 15.5. The molecular weight excluding hydrogens is 291 g/mol. The summed E-state index contributed by atoms with van der Waals surface area (Å²) in [5.41, 5.74) is 1.42. The van der Waals surface area contributed by atoms with Gasteiger partial charge in [0, 0.05) is 17.9 Å².